The van der Waals surface area contributed by atoms with Gasteiger partial charge < -0.3 is 10.6 Å². The highest BCUT2D eigenvalue weighted by Crippen LogP contribution is 2.32. The summed E-state index contributed by atoms with van der Waals surface area (Å²) in [6.07, 6.45) is 1.50. The molecule has 3 rings (SSSR count). The van der Waals surface area contributed by atoms with Crippen LogP contribution in [0.2, 0.25) is 0 Å². The number of carbonyl (C=O) groups is 2. The van der Waals surface area contributed by atoms with Crippen LogP contribution in [0.1, 0.15) is 12.8 Å². The molecular formula is C15H16N4O4S2. The van der Waals surface area contributed by atoms with E-state index in [-0.39, 0.29) is 29.2 Å². The minimum atomic E-state index is -0.443. The molecule has 0 bridgehead atoms. The van der Waals surface area contributed by atoms with Gasteiger partial charge in [0.15, 0.2) is 4.34 Å². The number of nitrogens with two attached hydrogens (primary N) is 1. The van der Waals surface area contributed by atoms with Crippen LogP contribution in [0.3, 0.4) is 0 Å². The highest BCUT2D eigenvalue weighted by molar-refractivity contribution is 8.01. The maximum Gasteiger partial charge on any atom is 0.270 e. The number of thiazole rings is 1. The molecule has 0 radical (unpaired) electrons. The zero-order valence-electron chi connectivity index (χ0n) is 13.2. The van der Waals surface area contributed by atoms with Crippen LogP contribution in [0.4, 0.5) is 5.69 Å². The normalized spacial score (nSPS) is 17.6. The smallest absolute Gasteiger partial charge is 0.270 e. The van der Waals surface area contributed by atoms with Crippen molar-refractivity contribution < 1.29 is 14.5 Å². The minimum Gasteiger partial charge on any atom is -0.369 e. The molecule has 1 fully saturated rings. The second-order valence-electron chi connectivity index (χ2n) is 5.76. The Morgan fingerprint density at radius 2 is 2.28 bits per heavy atom. The number of nitro groups is 1. The van der Waals surface area contributed by atoms with Gasteiger partial charge in [-0.15, -0.1) is 11.3 Å². The second-order valence-corrected chi connectivity index (χ2v) is 8.01. The molecule has 1 aromatic carbocycles. The zero-order valence-corrected chi connectivity index (χ0v) is 14.8. The molecule has 8 nitrogen and oxygen atoms in total. The largest absolute Gasteiger partial charge is 0.369 e. The molecule has 1 atom stereocenters. The molecule has 25 heavy (non-hydrogen) atoms. The van der Waals surface area contributed by atoms with Crippen LogP contribution in [-0.2, 0) is 9.59 Å². The van der Waals surface area contributed by atoms with E-state index in [1.165, 1.54) is 35.2 Å². The molecule has 0 aliphatic carbocycles. The van der Waals surface area contributed by atoms with Crippen LogP contribution in [0, 0.1) is 16.0 Å². The third kappa shape index (κ3) is 4.07. The quantitative estimate of drug-likeness (QED) is 0.481. The van der Waals surface area contributed by atoms with Crippen LogP contribution < -0.4 is 5.73 Å². The molecule has 132 valence electrons. The fourth-order valence-corrected chi connectivity index (χ4v) is 4.72. The molecule has 2 N–H and O–H groups in total. The van der Waals surface area contributed by atoms with Gasteiger partial charge in [0.05, 0.1) is 26.8 Å². The number of thioether (sulfide) groups is 1. The lowest BCUT2D eigenvalue weighted by Crippen LogP contribution is -2.44. The molecule has 2 aromatic rings. The number of non-ortho nitro benzene ring substituents is 1. The van der Waals surface area contributed by atoms with Crippen LogP contribution in [-0.4, -0.2) is 45.5 Å². The average molecular weight is 380 g/mol. The van der Waals surface area contributed by atoms with E-state index in [4.69, 9.17) is 5.73 Å². The van der Waals surface area contributed by atoms with Gasteiger partial charge in [-0.1, -0.05) is 11.8 Å². The number of hydrogen-bond donors (Lipinski definition) is 1. The number of piperidine rings is 1. The van der Waals surface area contributed by atoms with Crippen LogP contribution in [0.25, 0.3) is 10.2 Å². The van der Waals surface area contributed by atoms with E-state index in [2.05, 4.69) is 4.98 Å². The molecule has 2 amide bonds. The molecule has 1 aromatic heterocycles. The first-order chi connectivity index (χ1) is 11.9. The summed E-state index contributed by atoms with van der Waals surface area (Å²) >= 11 is 2.63. The summed E-state index contributed by atoms with van der Waals surface area (Å²) in [6.45, 7) is 1.01. The van der Waals surface area contributed by atoms with Crippen molar-refractivity contribution in [2.75, 3.05) is 18.8 Å². The lowest BCUT2D eigenvalue weighted by molar-refractivity contribution is -0.384. The van der Waals surface area contributed by atoms with Crippen LogP contribution in [0.15, 0.2) is 22.5 Å². The van der Waals surface area contributed by atoms with Gasteiger partial charge >= 0.3 is 0 Å². The molecule has 1 saturated heterocycles. The minimum absolute atomic E-state index is 0.0228. The Bertz CT molecular complexity index is 838. The first-order valence-corrected chi connectivity index (χ1v) is 9.49. The molecule has 0 saturated carbocycles. The molecule has 10 heteroatoms. The number of benzene rings is 1. The van der Waals surface area contributed by atoms with Crippen LogP contribution >= 0.6 is 23.1 Å². The van der Waals surface area contributed by atoms with Gasteiger partial charge in [0.25, 0.3) is 5.69 Å². The predicted octanol–water partition coefficient (Wildman–Crippen LogP) is 2.02. The third-order valence-electron chi connectivity index (χ3n) is 4.06. The van der Waals surface area contributed by atoms with E-state index < -0.39 is 4.92 Å². The molecular weight excluding hydrogens is 364 g/mol. The molecule has 1 aliphatic rings. The Morgan fingerprint density at radius 3 is 3.00 bits per heavy atom. The Kier molecular flexibility index (Phi) is 5.19. The highest BCUT2D eigenvalue weighted by atomic mass is 32.2. The van der Waals surface area contributed by atoms with Gasteiger partial charge in [-0.2, -0.15) is 0 Å². The standard InChI is InChI=1S/C15H16N4O4S2/c16-14(21)9-2-1-5-18(7-9)13(20)8-24-15-17-11-4-3-10(19(22)23)6-12(11)25-15/h3-4,6,9H,1-2,5,7-8H2,(H2,16,21)/t9-/m0/s1. The van der Waals surface area contributed by atoms with E-state index >= 15 is 0 Å². The number of hydrogen-bond acceptors (Lipinski definition) is 7. The van der Waals surface area contributed by atoms with E-state index in [1.54, 1.807) is 11.0 Å². The lowest BCUT2D eigenvalue weighted by Gasteiger charge is -2.31. The summed E-state index contributed by atoms with van der Waals surface area (Å²) in [5, 5.41) is 10.8. The number of nitro benzene ring substituents is 1. The van der Waals surface area contributed by atoms with Crippen molar-refractivity contribution in [3.63, 3.8) is 0 Å². The maximum atomic E-state index is 12.3. The fourth-order valence-electron chi connectivity index (χ4n) is 2.72. The van der Waals surface area contributed by atoms with Gasteiger partial charge in [0.2, 0.25) is 11.8 Å². The van der Waals surface area contributed by atoms with Crippen molar-refractivity contribution in [3.05, 3.63) is 28.3 Å². The molecule has 0 spiro atoms. The van der Waals surface area contributed by atoms with Gasteiger partial charge in [-0.3, -0.25) is 19.7 Å². The van der Waals surface area contributed by atoms with Gasteiger partial charge in [-0.05, 0) is 18.9 Å². The number of primary amides is 1. The van der Waals surface area contributed by atoms with Crippen molar-refractivity contribution in [2.24, 2.45) is 11.7 Å². The van der Waals surface area contributed by atoms with Crippen molar-refractivity contribution in [2.45, 2.75) is 17.2 Å². The molecule has 0 unspecified atom stereocenters. The third-order valence-corrected chi connectivity index (χ3v) is 6.20. The number of nitrogens with zero attached hydrogens (tertiary/aromatic N) is 3. The summed E-state index contributed by atoms with van der Waals surface area (Å²) in [5.41, 5.74) is 6.03. The van der Waals surface area contributed by atoms with Crippen molar-refractivity contribution >= 4 is 50.8 Å². The Labute approximate surface area is 151 Å². The first-order valence-electron chi connectivity index (χ1n) is 7.69. The number of fused-ring (bicyclic) bond motifs is 1. The average Bonchev–Trinajstić information content (AvgIpc) is 3.01. The van der Waals surface area contributed by atoms with Crippen molar-refractivity contribution in [1.82, 2.24) is 9.88 Å². The number of carbonyl (C=O) groups excluding carboxylic acids is 2. The van der Waals surface area contributed by atoms with E-state index in [9.17, 15) is 19.7 Å². The summed E-state index contributed by atoms with van der Waals surface area (Å²) in [7, 11) is 0. The fraction of sp³-hybridized carbons (Fsp3) is 0.400. The summed E-state index contributed by atoms with van der Waals surface area (Å²) in [5.74, 6) is -0.474. The Balaban J connectivity index is 1.63. The topological polar surface area (TPSA) is 119 Å². The van der Waals surface area contributed by atoms with E-state index in [0.29, 0.717) is 22.9 Å². The number of amides is 2. The van der Waals surface area contributed by atoms with Gasteiger partial charge in [-0.25, -0.2) is 4.98 Å². The molecule has 2 heterocycles. The Morgan fingerprint density at radius 1 is 1.48 bits per heavy atom. The predicted molar refractivity (Wildman–Crippen MR) is 95.5 cm³/mol. The first kappa shape index (κ1) is 17.6. The maximum absolute atomic E-state index is 12.3. The monoisotopic (exact) mass is 380 g/mol. The Hall–Kier alpha value is -2.20. The van der Waals surface area contributed by atoms with E-state index in [1.807, 2.05) is 0 Å². The lowest BCUT2D eigenvalue weighted by atomic mass is 9.97. The SMILES string of the molecule is NC(=O)[C@H]1CCCN(C(=O)CSc2nc3ccc([N+](=O)[O-])cc3s2)C1. The van der Waals surface area contributed by atoms with Gasteiger partial charge in [0.1, 0.15) is 0 Å². The van der Waals surface area contributed by atoms with E-state index in [0.717, 1.165) is 17.5 Å². The zero-order chi connectivity index (χ0) is 18.0. The number of rotatable bonds is 5. The molecule has 1 aliphatic heterocycles. The van der Waals surface area contributed by atoms with Crippen molar-refractivity contribution in [1.29, 1.82) is 0 Å². The summed E-state index contributed by atoms with van der Waals surface area (Å²) < 4.78 is 1.41. The number of likely N-dealkylation sites (tertiary alicyclic amines) is 1. The van der Waals surface area contributed by atoms with Crippen molar-refractivity contribution in [3.8, 4) is 0 Å². The second kappa shape index (κ2) is 7.36. The summed E-state index contributed by atoms with van der Waals surface area (Å²) in [4.78, 5) is 40.1. The van der Waals surface area contributed by atoms with Crippen LogP contribution in [0.5, 0.6) is 0 Å². The highest BCUT2D eigenvalue weighted by Gasteiger charge is 2.27. The van der Waals surface area contributed by atoms with Gasteiger partial charge in [0, 0.05) is 25.2 Å². The number of aromatic nitrogens is 1. The summed E-state index contributed by atoms with van der Waals surface area (Å²) in [6, 6.07) is 4.51.